The number of carboxylic acid groups (broad SMARTS) is 1. The fourth-order valence-corrected chi connectivity index (χ4v) is 3.64. The summed E-state index contributed by atoms with van der Waals surface area (Å²) in [5.74, 6) is 0.721. The van der Waals surface area contributed by atoms with E-state index in [1.165, 1.54) is 0 Å². The number of nitrogens with zero attached hydrogens (tertiary/aromatic N) is 4. The van der Waals surface area contributed by atoms with Crippen LogP contribution in [-0.2, 0) is 11.2 Å². The molecule has 1 atom stereocenters. The van der Waals surface area contributed by atoms with Gasteiger partial charge in [0.2, 0.25) is 0 Å². The largest absolute Gasteiger partial charge is 0.493 e. The number of rotatable bonds is 9. The molecule has 0 fully saturated rings. The number of nitrogen functional groups attached to an aromatic ring is 1. The van der Waals surface area contributed by atoms with Gasteiger partial charge in [0.05, 0.1) is 13.7 Å². The van der Waals surface area contributed by atoms with Crippen LogP contribution in [0.1, 0.15) is 42.3 Å². The maximum atomic E-state index is 12.7. The van der Waals surface area contributed by atoms with Crippen LogP contribution in [0.15, 0.2) is 65.7 Å². The smallest absolute Gasteiger partial charge is 0.350 e. The molecule has 0 saturated carbocycles. The van der Waals surface area contributed by atoms with Crippen LogP contribution in [0.2, 0.25) is 0 Å². The number of methoxy groups -OCH3 is 1. The summed E-state index contributed by atoms with van der Waals surface area (Å²) in [5.41, 5.74) is 7.65. The minimum absolute atomic E-state index is 0.00489. The Balaban J connectivity index is 0.000000934. The number of hydrogen-bond acceptors (Lipinski definition) is 8. The van der Waals surface area contributed by atoms with Gasteiger partial charge < -0.3 is 20.3 Å². The Hall–Kier alpha value is -5.00. The number of amidine groups is 1. The molecule has 0 radical (unpaired) electrons. The SMILES string of the molecule is CC(=O)O.CCOc1ccc(C(Cc2ccc(C(=N)N)cc2)c2nn(-c3ncccn3)c(=O)[nH]2)cc1OC. The molecule has 198 valence electrons. The van der Waals surface area contributed by atoms with Crippen LogP contribution >= 0.6 is 0 Å². The maximum absolute atomic E-state index is 12.7. The third kappa shape index (κ3) is 7.03. The standard InChI is InChI=1S/C24H25N7O3.C2H4O2/c1-3-34-19-10-9-17(14-20(19)33-2)18(13-15-5-7-16(8-6-15)21(25)26)22-29-24(32)31(30-22)23-27-11-4-12-28-23;1-2(3)4/h4-12,14,18H,3,13H2,1-2H3,(H3,25,26)(H,29,30,32);1H3,(H,3,4). The number of aliphatic carboxylic acids is 1. The summed E-state index contributed by atoms with van der Waals surface area (Å²) in [7, 11) is 1.58. The Kier molecular flexibility index (Phi) is 9.30. The molecule has 1 unspecified atom stereocenters. The zero-order valence-electron chi connectivity index (χ0n) is 21.2. The number of carbonyl (C=O) groups is 1. The maximum Gasteiger partial charge on any atom is 0.350 e. The Morgan fingerprint density at radius 3 is 2.39 bits per heavy atom. The fraction of sp³-hybridized carbons (Fsp3) is 0.231. The van der Waals surface area contributed by atoms with E-state index >= 15 is 0 Å². The highest BCUT2D eigenvalue weighted by Crippen LogP contribution is 2.34. The van der Waals surface area contributed by atoms with E-state index in [9.17, 15) is 4.79 Å². The van der Waals surface area contributed by atoms with E-state index in [2.05, 4.69) is 20.1 Å². The average Bonchev–Trinajstić information content (AvgIpc) is 3.29. The zero-order chi connectivity index (χ0) is 27.7. The third-order valence-electron chi connectivity index (χ3n) is 5.30. The summed E-state index contributed by atoms with van der Waals surface area (Å²) in [6.07, 6.45) is 3.63. The highest BCUT2D eigenvalue weighted by molar-refractivity contribution is 5.94. The van der Waals surface area contributed by atoms with Crippen LogP contribution in [0.25, 0.3) is 5.95 Å². The molecule has 5 N–H and O–H groups in total. The van der Waals surface area contributed by atoms with E-state index in [0.29, 0.717) is 35.9 Å². The van der Waals surface area contributed by atoms with Crippen LogP contribution < -0.4 is 20.9 Å². The molecule has 0 aliphatic heterocycles. The molecule has 0 spiro atoms. The number of nitrogens with one attached hydrogen (secondary N) is 2. The van der Waals surface area contributed by atoms with Gasteiger partial charge in [0.1, 0.15) is 11.7 Å². The second-order valence-electron chi connectivity index (χ2n) is 8.01. The van der Waals surface area contributed by atoms with Gasteiger partial charge in [0, 0.05) is 30.8 Å². The Morgan fingerprint density at radius 2 is 1.82 bits per heavy atom. The van der Waals surface area contributed by atoms with E-state index < -0.39 is 11.7 Å². The summed E-state index contributed by atoms with van der Waals surface area (Å²) in [6.45, 7) is 3.50. The van der Waals surface area contributed by atoms with Crippen molar-refractivity contribution in [3.63, 3.8) is 0 Å². The van der Waals surface area contributed by atoms with E-state index in [1.54, 1.807) is 37.7 Å². The van der Waals surface area contributed by atoms with Crippen molar-refractivity contribution in [1.82, 2.24) is 24.7 Å². The van der Waals surface area contributed by atoms with Crippen LogP contribution in [0.5, 0.6) is 11.5 Å². The molecule has 2 aromatic heterocycles. The van der Waals surface area contributed by atoms with Gasteiger partial charge in [-0.15, -0.1) is 9.78 Å². The summed E-state index contributed by atoms with van der Waals surface area (Å²) in [4.78, 5) is 32.8. The number of H-pyrrole nitrogens is 1. The van der Waals surface area contributed by atoms with Gasteiger partial charge in [-0.05, 0) is 42.7 Å². The van der Waals surface area contributed by atoms with Crippen molar-refractivity contribution in [1.29, 1.82) is 5.41 Å². The molecular formula is C26H29N7O5. The van der Waals surface area contributed by atoms with Crippen molar-refractivity contribution < 1.29 is 19.4 Å². The first-order chi connectivity index (χ1) is 18.2. The van der Waals surface area contributed by atoms with Gasteiger partial charge in [-0.2, -0.15) is 0 Å². The molecule has 2 heterocycles. The lowest BCUT2D eigenvalue weighted by Gasteiger charge is -2.18. The number of carboxylic acids is 1. The lowest BCUT2D eigenvalue weighted by molar-refractivity contribution is -0.134. The number of ether oxygens (including phenoxy) is 2. The van der Waals surface area contributed by atoms with Gasteiger partial charge >= 0.3 is 5.69 Å². The van der Waals surface area contributed by atoms with Gasteiger partial charge in [0.15, 0.2) is 11.5 Å². The fourth-order valence-electron chi connectivity index (χ4n) is 3.64. The Labute approximate surface area is 218 Å². The highest BCUT2D eigenvalue weighted by atomic mass is 16.5. The predicted octanol–water partition coefficient (Wildman–Crippen LogP) is 2.51. The highest BCUT2D eigenvalue weighted by Gasteiger charge is 2.23. The van der Waals surface area contributed by atoms with Crippen molar-refractivity contribution in [2.24, 2.45) is 5.73 Å². The van der Waals surface area contributed by atoms with E-state index in [4.69, 9.17) is 30.5 Å². The molecular weight excluding hydrogens is 490 g/mol. The first kappa shape index (κ1) is 27.6. The molecule has 4 aromatic rings. The van der Waals surface area contributed by atoms with Crippen LogP contribution in [0.4, 0.5) is 0 Å². The van der Waals surface area contributed by atoms with Gasteiger partial charge in [0.25, 0.3) is 11.9 Å². The summed E-state index contributed by atoms with van der Waals surface area (Å²) >= 11 is 0. The number of hydrogen-bond donors (Lipinski definition) is 4. The lowest BCUT2D eigenvalue weighted by atomic mass is 9.90. The van der Waals surface area contributed by atoms with Crippen molar-refractivity contribution in [3.05, 3.63) is 93.9 Å². The normalized spacial score (nSPS) is 11.1. The van der Waals surface area contributed by atoms with E-state index in [1.807, 2.05) is 37.3 Å². The second kappa shape index (κ2) is 12.8. The minimum Gasteiger partial charge on any atom is -0.493 e. The molecule has 12 heteroatoms. The molecule has 4 rings (SSSR count). The average molecular weight is 520 g/mol. The van der Waals surface area contributed by atoms with Crippen molar-refractivity contribution >= 4 is 11.8 Å². The molecule has 0 aliphatic carbocycles. The van der Waals surface area contributed by atoms with Crippen LogP contribution in [-0.4, -0.2) is 55.4 Å². The quantitative estimate of drug-likeness (QED) is 0.191. The monoisotopic (exact) mass is 519 g/mol. The molecule has 0 amide bonds. The van der Waals surface area contributed by atoms with E-state index in [-0.39, 0.29) is 17.7 Å². The molecule has 0 aliphatic rings. The Morgan fingerprint density at radius 1 is 1.16 bits per heavy atom. The number of benzene rings is 2. The molecule has 12 nitrogen and oxygen atoms in total. The third-order valence-corrected chi connectivity index (χ3v) is 5.30. The van der Waals surface area contributed by atoms with Crippen molar-refractivity contribution in [3.8, 4) is 17.4 Å². The predicted molar refractivity (Wildman–Crippen MR) is 140 cm³/mol. The molecule has 0 bridgehead atoms. The number of aromatic amines is 1. The van der Waals surface area contributed by atoms with Gasteiger partial charge in [-0.3, -0.25) is 15.2 Å². The molecule has 0 saturated heterocycles. The van der Waals surface area contributed by atoms with Crippen molar-refractivity contribution in [2.45, 2.75) is 26.2 Å². The van der Waals surface area contributed by atoms with Crippen LogP contribution in [0.3, 0.4) is 0 Å². The minimum atomic E-state index is -0.833. The summed E-state index contributed by atoms with van der Waals surface area (Å²) < 4.78 is 12.3. The Bertz CT molecular complexity index is 1430. The number of nitrogens with two attached hydrogens (primary N) is 1. The van der Waals surface area contributed by atoms with Crippen LogP contribution in [0, 0.1) is 5.41 Å². The molecule has 2 aromatic carbocycles. The summed E-state index contributed by atoms with van der Waals surface area (Å²) in [6, 6.07) is 14.7. The zero-order valence-corrected chi connectivity index (χ0v) is 21.2. The first-order valence-electron chi connectivity index (χ1n) is 11.6. The summed E-state index contributed by atoms with van der Waals surface area (Å²) in [5, 5.41) is 19.5. The lowest BCUT2D eigenvalue weighted by Crippen LogP contribution is -2.18. The van der Waals surface area contributed by atoms with E-state index in [0.717, 1.165) is 22.7 Å². The first-order valence-corrected chi connectivity index (χ1v) is 11.6. The number of aromatic nitrogens is 5. The van der Waals surface area contributed by atoms with Crippen molar-refractivity contribution in [2.75, 3.05) is 13.7 Å². The van der Waals surface area contributed by atoms with Gasteiger partial charge in [-0.25, -0.2) is 14.8 Å². The topological polar surface area (TPSA) is 182 Å². The molecule has 38 heavy (non-hydrogen) atoms. The van der Waals surface area contributed by atoms with Gasteiger partial charge in [-0.1, -0.05) is 30.3 Å². The second-order valence-corrected chi connectivity index (χ2v) is 8.01.